The van der Waals surface area contributed by atoms with E-state index >= 15 is 0 Å². The zero-order valence-electron chi connectivity index (χ0n) is 10.9. The Balaban J connectivity index is 2.49. The van der Waals surface area contributed by atoms with Gasteiger partial charge < -0.3 is 4.74 Å². The van der Waals surface area contributed by atoms with Crippen LogP contribution in [0.4, 0.5) is 10.5 Å². The average Bonchev–Trinajstić information content (AvgIpc) is 2.29. The highest BCUT2D eigenvalue weighted by Gasteiger charge is 2.12. The van der Waals surface area contributed by atoms with Crippen molar-refractivity contribution < 1.29 is 9.53 Å². The molecule has 0 spiro atoms. The molecule has 0 aromatic heterocycles. The number of nitrogens with one attached hydrogen (secondary N) is 1. The van der Waals surface area contributed by atoms with Gasteiger partial charge in [0.25, 0.3) is 0 Å². The molecule has 1 rings (SSSR count). The highest BCUT2D eigenvalue weighted by atomic mass is 35.5. The smallest absolute Gasteiger partial charge is 0.411 e. The number of halogens is 1. The first-order valence-electron chi connectivity index (χ1n) is 6.39. The SMILES string of the molecule is CCCC(CCC)OC(=O)Nc1cccc(Cl)c1. The summed E-state index contributed by atoms with van der Waals surface area (Å²) in [5.74, 6) is 0. The maximum Gasteiger partial charge on any atom is 0.411 e. The normalized spacial score (nSPS) is 10.4. The van der Waals surface area contributed by atoms with Crippen LogP contribution in [0.3, 0.4) is 0 Å². The molecule has 1 aromatic rings. The van der Waals surface area contributed by atoms with Crippen molar-refractivity contribution in [3.63, 3.8) is 0 Å². The molecule has 0 aliphatic heterocycles. The van der Waals surface area contributed by atoms with Crippen LogP contribution in [-0.2, 0) is 4.74 Å². The molecule has 0 aliphatic rings. The minimum atomic E-state index is -0.413. The summed E-state index contributed by atoms with van der Waals surface area (Å²) in [6.45, 7) is 4.17. The van der Waals surface area contributed by atoms with E-state index in [0.29, 0.717) is 10.7 Å². The second-order valence-corrected chi connectivity index (χ2v) is 4.68. The van der Waals surface area contributed by atoms with Crippen LogP contribution in [0.2, 0.25) is 5.02 Å². The first-order valence-corrected chi connectivity index (χ1v) is 6.76. The molecule has 100 valence electrons. The number of amides is 1. The Hall–Kier alpha value is -1.22. The van der Waals surface area contributed by atoms with E-state index < -0.39 is 6.09 Å². The fourth-order valence-corrected chi connectivity index (χ4v) is 1.96. The molecule has 3 nitrogen and oxygen atoms in total. The summed E-state index contributed by atoms with van der Waals surface area (Å²) < 4.78 is 5.38. The lowest BCUT2D eigenvalue weighted by Crippen LogP contribution is -2.22. The van der Waals surface area contributed by atoms with E-state index in [2.05, 4.69) is 19.2 Å². The van der Waals surface area contributed by atoms with E-state index in [1.54, 1.807) is 24.3 Å². The van der Waals surface area contributed by atoms with Crippen LogP contribution in [0.15, 0.2) is 24.3 Å². The number of benzene rings is 1. The van der Waals surface area contributed by atoms with Crippen LogP contribution in [0, 0.1) is 0 Å². The Kier molecular flexibility index (Phi) is 6.58. The van der Waals surface area contributed by atoms with E-state index in [9.17, 15) is 4.79 Å². The lowest BCUT2D eigenvalue weighted by Gasteiger charge is -2.16. The van der Waals surface area contributed by atoms with Gasteiger partial charge in [-0.15, -0.1) is 0 Å². The van der Waals surface area contributed by atoms with Gasteiger partial charge in [0.05, 0.1) is 0 Å². The summed E-state index contributed by atoms with van der Waals surface area (Å²) in [6.07, 6.45) is 3.40. The van der Waals surface area contributed by atoms with Crippen molar-refractivity contribution in [1.82, 2.24) is 0 Å². The van der Waals surface area contributed by atoms with Gasteiger partial charge >= 0.3 is 6.09 Å². The van der Waals surface area contributed by atoms with Crippen LogP contribution in [0.1, 0.15) is 39.5 Å². The molecule has 0 aliphatic carbocycles. The summed E-state index contributed by atoms with van der Waals surface area (Å²) in [6, 6.07) is 7.02. The molecule has 18 heavy (non-hydrogen) atoms. The summed E-state index contributed by atoms with van der Waals surface area (Å²) in [5, 5.41) is 3.27. The second-order valence-electron chi connectivity index (χ2n) is 4.24. The van der Waals surface area contributed by atoms with E-state index in [1.807, 2.05) is 0 Å². The quantitative estimate of drug-likeness (QED) is 0.801. The third-order valence-electron chi connectivity index (χ3n) is 2.57. The van der Waals surface area contributed by atoms with Crippen LogP contribution in [0.5, 0.6) is 0 Å². The number of rotatable bonds is 6. The summed E-state index contributed by atoms with van der Waals surface area (Å²) in [4.78, 5) is 11.7. The molecular weight excluding hydrogens is 250 g/mol. The highest BCUT2D eigenvalue weighted by molar-refractivity contribution is 6.30. The van der Waals surface area contributed by atoms with Crippen molar-refractivity contribution in [3.8, 4) is 0 Å². The monoisotopic (exact) mass is 269 g/mol. The third-order valence-corrected chi connectivity index (χ3v) is 2.80. The molecule has 0 unspecified atom stereocenters. The number of carbonyl (C=O) groups excluding carboxylic acids is 1. The minimum Gasteiger partial charge on any atom is -0.446 e. The van der Waals surface area contributed by atoms with Crippen molar-refractivity contribution in [2.75, 3.05) is 5.32 Å². The fraction of sp³-hybridized carbons (Fsp3) is 0.500. The molecule has 1 N–H and O–H groups in total. The van der Waals surface area contributed by atoms with Crippen molar-refractivity contribution in [3.05, 3.63) is 29.3 Å². The topological polar surface area (TPSA) is 38.3 Å². The first-order chi connectivity index (χ1) is 8.65. The molecule has 0 radical (unpaired) electrons. The molecule has 1 aromatic carbocycles. The number of anilines is 1. The summed E-state index contributed by atoms with van der Waals surface area (Å²) in [5.41, 5.74) is 0.652. The minimum absolute atomic E-state index is 0.000755. The molecule has 0 fully saturated rings. The predicted octanol–water partition coefficient (Wildman–Crippen LogP) is 4.86. The van der Waals surface area contributed by atoms with Gasteiger partial charge in [-0.3, -0.25) is 5.32 Å². The maximum atomic E-state index is 11.7. The average molecular weight is 270 g/mol. The number of hydrogen-bond acceptors (Lipinski definition) is 2. The second kappa shape index (κ2) is 7.98. The highest BCUT2D eigenvalue weighted by Crippen LogP contribution is 2.16. The summed E-state index contributed by atoms with van der Waals surface area (Å²) in [7, 11) is 0. The van der Waals surface area contributed by atoms with Gasteiger partial charge in [-0.25, -0.2) is 4.79 Å². The molecule has 4 heteroatoms. The van der Waals surface area contributed by atoms with Crippen molar-refractivity contribution in [2.45, 2.75) is 45.6 Å². The Morgan fingerprint density at radius 3 is 2.56 bits per heavy atom. The van der Waals surface area contributed by atoms with E-state index in [-0.39, 0.29) is 6.10 Å². The number of carbonyl (C=O) groups is 1. The standard InChI is InChI=1S/C14H20ClNO2/c1-3-6-13(7-4-2)18-14(17)16-12-9-5-8-11(15)10-12/h5,8-10,13H,3-4,6-7H2,1-2H3,(H,16,17). The van der Waals surface area contributed by atoms with Crippen molar-refractivity contribution >= 4 is 23.4 Å². The Morgan fingerprint density at radius 2 is 2.00 bits per heavy atom. The maximum absolute atomic E-state index is 11.7. The molecule has 0 heterocycles. The predicted molar refractivity (Wildman–Crippen MR) is 75.2 cm³/mol. The van der Waals surface area contributed by atoms with Crippen molar-refractivity contribution in [1.29, 1.82) is 0 Å². The van der Waals surface area contributed by atoms with Gasteiger partial charge in [0.15, 0.2) is 0 Å². The Labute approximate surface area is 113 Å². The molecular formula is C14H20ClNO2. The van der Waals surface area contributed by atoms with Crippen LogP contribution >= 0.6 is 11.6 Å². The zero-order valence-corrected chi connectivity index (χ0v) is 11.7. The molecule has 0 saturated carbocycles. The number of ether oxygens (including phenoxy) is 1. The van der Waals surface area contributed by atoms with Gasteiger partial charge in [0.2, 0.25) is 0 Å². The van der Waals surface area contributed by atoms with Gasteiger partial charge in [0, 0.05) is 10.7 Å². The van der Waals surface area contributed by atoms with Crippen molar-refractivity contribution in [2.24, 2.45) is 0 Å². The zero-order chi connectivity index (χ0) is 13.4. The number of hydrogen-bond donors (Lipinski definition) is 1. The van der Waals surface area contributed by atoms with Gasteiger partial charge in [-0.05, 0) is 31.0 Å². The lowest BCUT2D eigenvalue weighted by molar-refractivity contribution is 0.0988. The van der Waals surface area contributed by atoms with Gasteiger partial charge in [-0.2, -0.15) is 0 Å². The Morgan fingerprint density at radius 1 is 1.33 bits per heavy atom. The van der Waals surface area contributed by atoms with Gasteiger partial charge in [0.1, 0.15) is 6.10 Å². The van der Waals surface area contributed by atoms with Crippen LogP contribution in [0.25, 0.3) is 0 Å². The lowest BCUT2D eigenvalue weighted by atomic mass is 10.1. The fourth-order valence-electron chi connectivity index (χ4n) is 1.77. The van der Waals surface area contributed by atoms with Crippen LogP contribution < -0.4 is 5.32 Å². The largest absolute Gasteiger partial charge is 0.446 e. The molecule has 1 amide bonds. The first kappa shape index (κ1) is 14.8. The molecule has 0 saturated heterocycles. The third kappa shape index (κ3) is 5.41. The van der Waals surface area contributed by atoms with E-state index in [1.165, 1.54) is 0 Å². The summed E-state index contributed by atoms with van der Waals surface area (Å²) >= 11 is 5.84. The molecule has 0 bridgehead atoms. The van der Waals surface area contributed by atoms with E-state index in [0.717, 1.165) is 25.7 Å². The van der Waals surface area contributed by atoms with Crippen LogP contribution in [-0.4, -0.2) is 12.2 Å². The Bertz CT molecular complexity index is 376. The van der Waals surface area contributed by atoms with E-state index in [4.69, 9.17) is 16.3 Å². The van der Waals surface area contributed by atoms with Gasteiger partial charge in [-0.1, -0.05) is 44.4 Å². The molecule has 0 atom stereocenters.